The van der Waals surface area contributed by atoms with Crippen molar-refractivity contribution in [2.75, 3.05) is 12.0 Å². The van der Waals surface area contributed by atoms with E-state index >= 15 is 0 Å². The van der Waals surface area contributed by atoms with Gasteiger partial charge in [0.05, 0.1) is 0 Å². The molecule has 0 amide bonds. The summed E-state index contributed by atoms with van der Waals surface area (Å²) < 4.78 is 5.59. The van der Waals surface area contributed by atoms with E-state index in [1.807, 2.05) is 36.4 Å². The average Bonchev–Trinajstić information content (AvgIpc) is 3.49. The molecule has 1 fully saturated rings. The second-order valence-electron chi connectivity index (χ2n) is 8.32. The zero-order valence-corrected chi connectivity index (χ0v) is 18.7. The van der Waals surface area contributed by atoms with Gasteiger partial charge in [0, 0.05) is 0 Å². The number of rotatable bonds is 7. The van der Waals surface area contributed by atoms with Crippen LogP contribution < -0.4 is 15.0 Å². The third-order valence-electron chi connectivity index (χ3n) is 6.28. The minimum absolute atomic E-state index is 0.171. The molecule has 0 saturated heterocycles. The van der Waals surface area contributed by atoms with Crippen LogP contribution in [0.5, 0.6) is 5.88 Å². The fraction of sp³-hybridized carbons (Fsp3) is 0.292. The van der Waals surface area contributed by atoms with E-state index < -0.39 is 5.54 Å². The number of hydrogen-bond donors (Lipinski definition) is 2. The normalized spacial score (nSPS) is 16.0. The summed E-state index contributed by atoms with van der Waals surface area (Å²) in [7, 11) is 5.31. The maximum absolute atomic E-state index is 9.83. The average molecular weight is 447 g/mol. The second-order valence-corrected chi connectivity index (χ2v) is 8.70. The third-order valence-corrected chi connectivity index (χ3v) is 6.67. The van der Waals surface area contributed by atoms with Crippen LogP contribution in [0.2, 0.25) is 5.02 Å². The zero-order valence-electron chi connectivity index (χ0n) is 17.9. The van der Waals surface area contributed by atoms with Gasteiger partial charge in [-0.2, -0.15) is 0 Å². The van der Waals surface area contributed by atoms with Gasteiger partial charge in [0.2, 0.25) is 0 Å². The van der Waals surface area contributed by atoms with Gasteiger partial charge < -0.3 is 0 Å². The Kier molecular flexibility index (Phi) is 5.39. The summed E-state index contributed by atoms with van der Waals surface area (Å²) in [5.41, 5.74) is 4.73. The standard InChI is InChI=1S/C24H24BClN4O2/c1-32-22-17-13-30(19-9-5-8-16(21(19)26)15-6-3-2-4-7-15)14-18(17)28-20(29-22)12-27-24(10-11-24)23(25)31/h2-9,25,27,31H,10-14H2,1H3. The van der Waals surface area contributed by atoms with Gasteiger partial charge >= 0.3 is 151 Å². The summed E-state index contributed by atoms with van der Waals surface area (Å²) in [5, 5.41) is 13.9. The van der Waals surface area contributed by atoms with Crippen molar-refractivity contribution in [2.24, 2.45) is 0 Å². The summed E-state index contributed by atoms with van der Waals surface area (Å²) in [6.07, 6.45) is 1.74. The Morgan fingerprint density at radius 1 is 1.16 bits per heavy atom. The number of benzene rings is 2. The first-order valence-electron chi connectivity index (χ1n) is 10.7. The fourth-order valence-electron chi connectivity index (χ4n) is 4.24. The van der Waals surface area contributed by atoms with Crippen molar-refractivity contribution in [2.45, 2.75) is 38.0 Å². The molecule has 0 spiro atoms. The van der Waals surface area contributed by atoms with Crippen LogP contribution in [0.15, 0.2) is 48.5 Å². The van der Waals surface area contributed by atoms with Crippen LogP contribution in [0.25, 0.3) is 11.1 Å². The summed E-state index contributed by atoms with van der Waals surface area (Å²) in [4.78, 5) is 11.6. The van der Waals surface area contributed by atoms with E-state index in [0.29, 0.717) is 31.3 Å². The van der Waals surface area contributed by atoms with Crippen LogP contribution in [0.1, 0.15) is 29.9 Å². The number of anilines is 1. The van der Waals surface area contributed by atoms with Crippen molar-refractivity contribution in [3.63, 3.8) is 0 Å². The van der Waals surface area contributed by atoms with E-state index in [0.717, 1.165) is 45.9 Å². The first kappa shape index (κ1) is 21.0. The molecule has 2 aliphatic rings. The summed E-state index contributed by atoms with van der Waals surface area (Å²) in [6, 6.07) is 16.2. The van der Waals surface area contributed by atoms with Gasteiger partial charge in [-0.1, -0.05) is 36.4 Å². The number of halogens is 1. The monoisotopic (exact) mass is 446 g/mol. The van der Waals surface area contributed by atoms with Crippen molar-refractivity contribution in [1.29, 1.82) is 0 Å². The van der Waals surface area contributed by atoms with E-state index in [2.05, 4.69) is 34.8 Å². The van der Waals surface area contributed by atoms with Gasteiger partial charge in [0.25, 0.3) is 0 Å². The van der Waals surface area contributed by atoms with Crippen molar-refractivity contribution in [3.8, 4) is 17.0 Å². The Morgan fingerprint density at radius 2 is 1.94 bits per heavy atom. The Morgan fingerprint density at radius 3 is 2.62 bits per heavy atom. The number of hydrogen-bond acceptors (Lipinski definition) is 6. The van der Waals surface area contributed by atoms with Gasteiger partial charge in [0.1, 0.15) is 0 Å². The van der Waals surface area contributed by atoms with Crippen LogP contribution in [-0.4, -0.2) is 40.9 Å². The van der Waals surface area contributed by atoms with Crippen molar-refractivity contribution in [1.82, 2.24) is 15.3 Å². The van der Waals surface area contributed by atoms with E-state index in [1.165, 1.54) is 0 Å². The molecule has 0 bridgehead atoms. The first-order chi connectivity index (χ1) is 15.5. The number of aliphatic hydroxyl groups is 1. The van der Waals surface area contributed by atoms with Gasteiger partial charge in [-0.15, -0.1) is 0 Å². The summed E-state index contributed by atoms with van der Waals surface area (Å²) in [5.74, 6) is 1.22. The molecule has 0 radical (unpaired) electrons. The molecule has 1 aliphatic carbocycles. The number of fused-ring (bicyclic) bond motifs is 1. The Hall–Kier alpha value is -2.90. The zero-order chi connectivity index (χ0) is 22.3. The summed E-state index contributed by atoms with van der Waals surface area (Å²) >= 11 is 6.86. The van der Waals surface area contributed by atoms with Gasteiger partial charge in [-0.05, 0) is 5.56 Å². The van der Waals surface area contributed by atoms with Crippen LogP contribution in [0, 0.1) is 0 Å². The van der Waals surface area contributed by atoms with Crippen LogP contribution >= 0.6 is 11.6 Å². The molecule has 162 valence electrons. The molecule has 1 aromatic heterocycles. The molecule has 2 aromatic carbocycles. The molecule has 0 unspecified atom stereocenters. The SMILES string of the molecule is B=C(O)C1(NCc2nc3c(c(OC)n2)CN(c2cccc(-c4ccccc4)c2Cl)C3)CC1. The van der Waals surface area contributed by atoms with Gasteiger partial charge in [-0.3, -0.25) is 0 Å². The molecule has 2 N–H and O–H groups in total. The van der Waals surface area contributed by atoms with Crippen molar-refractivity contribution in [3.05, 3.63) is 70.6 Å². The molecule has 1 aliphatic heterocycles. The quantitative estimate of drug-likeness (QED) is 0.542. The number of nitrogens with one attached hydrogen (secondary N) is 1. The number of aliphatic hydroxyl groups excluding tert-OH is 1. The maximum atomic E-state index is 9.83. The Labute approximate surface area is 193 Å². The van der Waals surface area contributed by atoms with E-state index in [1.54, 1.807) is 7.11 Å². The van der Waals surface area contributed by atoms with Gasteiger partial charge in [0.15, 0.2) is 0 Å². The van der Waals surface area contributed by atoms with Crippen molar-refractivity contribution >= 4 is 30.4 Å². The number of methoxy groups -OCH3 is 1. The molecule has 5 rings (SSSR count). The van der Waals surface area contributed by atoms with E-state index in [4.69, 9.17) is 21.3 Å². The molecule has 8 heteroatoms. The second kappa shape index (κ2) is 8.22. The van der Waals surface area contributed by atoms with Crippen LogP contribution in [-0.2, 0) is 19.6 Å². The fourth-order valence-corrected chi connectivity index (χ4v) is 4.59. The Bertz CT molecular complexity index is 1180. The molecular weight excluding hydrogens is 423 g/mol. The molecule has 32 heavy (non-hydrogen) atoms. The molecule has 0 atom stereocenters. The number of ether oxygens (including phenoxy) is 1. The predicted molar refractivity (Wildman–Crippen MR) is 128 cm³/mol. The number of nitrogens with zero attached hydrogens (tertiary/aromatic N) is 3. The first-order valence-corrected chi connectivity index (χ1v) is 11.0. The minimum atomic E-state index is -0.396. The van der Waals surface area contributed by atoms with Crippen LogP contribution in [0.3, 0.4) is 0 Å². The Balaban J connectivity index is 1.41. The molecule has 1 saturated carbocycles. The molecule has 6 nitrogen and oxygen atoms in total. The number of aromatic nitrogens is 2. The predicted octanol–water partition coefficient (Wildman–Crippen LogP) is 3.35. The molecular formula is C24H24BClN4O2. The molecule has 2 heterocycles. The van der Waals surface area contributed by atoms with E-state index in [-0.39, 0.29) is 5.65 Å². The van der Waals surface area contributed by atoms with Crippen molar-refractivity contribution < 1.29 is 9.84 Å². The third kappa shape index (κ3) is 3.76. The van der Waals surface area contributed by atoms with Gasteiger partial charge in [-0.25, -0.2) is 0 Å². The van der Waals surface area contributed by atoms with E-state index in [9.17, 15) is 5.11 Å². The summed E-state index contributed by atoms with van der Waals surface area (Å²) in [6.45, 7) is 1.69. The topological polar surface area (TPSA) is 70.5 Å². The molecule has 3 aromatic rings. The van der Waals surface area contributed by atoms with Crippen LogP contribution in [0.4, 0.5) is 5.69 Å².